The molecular formula is C7H9F3N2. The van der Waals surface area contributed by atoms with Crippen molar-refractivity contribution in [3.05, 3.63) is 6.54 Å². The van der Waals surface area contributed by atoms with Gasteiger partial charge in [0.2, 0.25) is 0 Å². The number of rotatable bonds is 2. The lowest BCUT2D eigenvalue weighted by molar-refractivity contribution is -0.134. The van der Waals surface area contributed by atoms with Gasteiger partial charge in [-0.15, -0.1) is 0 Å². The second kappa shape index (κ2) is 3.33. The van der Waals surface area contributed by atoms with E-state index in [1.54, 1.807) is 0 Å². The Labute approximate surface area is 69.1 Å². The van der Waals surface area contributed by atoms with E-state index in [2.05, 4.69) is 11.3 Å². The Morgan fingerprint density at radius 1 is 1.58 bits per heavy atom. The van der Waals surface area contributed by atoms with E-state index >= 15 is 0 Å². The van der Waals surface area contributed by atoms with Gasteiger partial charge in [0.05, 0.1) is 12.6 Å². The Balaban J connectivity index is 2.34. The molecule has 0 N–H and O–H groups in total. The molecule has 2 nitrogen and oxygen atoms in total. The summed E-state index contributed by atoms with van der Waals surface area (Å²) in [5.74, 6) is 0. The summed E-state index contributed by atoms with van der Waals surface area (Å²) in [5, 5.41) is 0. The summed E-state index contributed by atoms with van der Waals surface area (Å²) in [6.45, 7) is 2.31. The van der Waals surface area contributed by atoms with E-state index in [1.165, 1.54) is 6.54 Å². The smallest absolute Gasteiger partial charge is 0.337 e. The fraction of sp³-hybridized carbons (Fsp3) is 0.714. The van der Waals surface area contributed by atoms with E-state index in [9.17, 15) is 13.2 Å². The average Bonchev–Trinajstić information content (AvgIpc) is 2.32. The van der Waals surface area contributed by atoms with Crippen molar-refractivity contribution in [1.82, 2.24) is 4.90 Å². The molecule has 0 amide bonds. The zero-order valence-corrected chi connectivity index (χ0v) is 6.60. The SMILES string of the molecule is CCC1[CH]N(CC(F)(F)F)[C]=N1. The molecular weight excluding hydrogens is 169 g/mol. The minimum Gasteiger partial charge on any atom is -0.337 e. The molecule has 1 aliphatic rings. The van der Waals surface area contributed by atoms with Gasteiger partial charge >= 0.3 is 6.18 Å². The maximum absolute atomic E-state index is 11.8. The van der Waals surface area contributed by atoms with Gasteiger partial charge < -0.3 is 4.90 Å². The molecule has 1 unspecified atom stereocenters. The second-order valence-corrected chi connectivity index (χ2v) is 2.60. The number of hydrogen-bond donors (Lipinski definition) is 0. The highest BCUT2D eigenvalue weighted by Crippen LogP contribution is 2.20. The fourth-order valence-electron chi connectivity index (χ4n) is 0.901. The quantitative estimate of drug-likeness (QED) is 0.628. The van der Waals surface area contributed by atoms with E-state index in [4.69, 9.17) is 0 Å². The molecule has 0 aromatic heterocycles. The number of alkyl halides is 3. The van der Waals surface area contributed by atoms with Crippen LogP contribution in [0.1, 0.15) is 13.3 Å². The molecule has 12 heavy (non-hydrogen) atoms. The van der Waals surface area contributed by atoms with Crippen molar-refractivity contribution < 1.29 is 13.2 Å². The molecule has 1 heterocycles. The third-order valence-electron chi connectivity index (χ3n) is 1.47. The van der Waals surface area contributed by atoms with Gasteiger partial charge in [-0.3, -0.25) is 4.99 Å². The summed E-state index contributed by atoms with van der Waals surface area (Å²) >= 11 is 0. The molecule has 0 saturated heterocycles. The normalized spacial score (nSPS) is 23.7. The topological polar surface area (TPSA) is 15.6 Å². The summed E-state index contributed by atoms with van der Waals surface area (Å²) < 4.78 is 35.4. The molecule has 1 aliphatic heterocycles. The van der Waals surface area contributed by atoms with Crippen molar-refractivity contribution in [3.63, 3.8) is 0 Å². The summed E-state index contributed by atoms with van der Waals surface area (Å²) in [4.78, 5) is 4.69. The predicted molar refractivity (Wildman–Crippen MR) is 38.6 cm³/mol. The standard InChI is InChI=1S/C7H9F3N2/c1-2-6-3-12(5-11-6)4-7(8,9)10/h3,6H,2,4H2,1H3. The zero-order chi connectivity index (χ0) is 9.19. The largest absolute Gasteiger partial charge is 0.405 e. The van der Waals surface area contributed by atoms with Crippen LogP contribution in [-0.2, 0) is 0 Å². The van der Waals surface area contributed by atoms with Gasteiger partial charge in [-0.05, 0) is 6.42 Å². The number of hydrogen-bond acceptors (Lipinski definition) is 2. The van der Waals surface area contributed by atoms with Crippen LogP contribution in [-0.4, -0.2) is 30.0 Å². The van der Waals surface area contributed by atoms with Crippen molar-refractivity contribution in [3.8, 4) is 0 Å². The van der Waals surface area contributed by atoms with Gasteiger partial charge in [-0.1, -0.05) is 6.92 Å². The second-order valence-electron chi connectivity index (χ2n) is 2.60. The molecule has 2 radical (unpaired) electrons. The Morgan fingerprint density at radius 2 is 2.25 bits per heavy atom. The maximum Gasteiger partial charge on any atom is 0.405 e. The molecule has 5 heteroatoms. The molecule has 0 aliphatic carbocycles. The number of aliphatic imine (C=N–C) groups is 1. The van der Waals surface area contributed by atoms with Gasteiger partial charge in [0.1, 0.15) is 6.54 Å². The van der Waals surface area contributed by atoms with E-state index in [0.717, 1.165) is 4.90 Å². The summed E-state index contributed by atoms with van der Waals surface area (Å²) in [5.41, 5.74) is 0. The van der Waals surface area contributed by atoms with Crippen LogP contribution in [0.25, 0.3) is 0 Å². The molecule has 0 bridgehead atoms. The number of nitrogens with zero attached hydrogens (tertiary/aromatic N) is 2. The summed E-state index contributed by atoms with van der Waals surface area (Å²) in [6, 6.07) is -0.132. The Hall–Kier alpha value is -0.740. The van der Waals surface area contributed by atoms with Crippen molar-refractivity contribution in [2.24, 2.45) is 4.99 Å². The molecule has 0 aromatic rings. The van der Waals surface area contributed by atoms with Crippen LogP contribution in [0.2, 0.25) is 0 Å². The predicted octanol–water partition coefficient (Wildman–Crippen LogP) is 1.71. The van der Waals surface area contributed by atoms with Crippen LogP contribution >= 0.6 is 0 Å². The first-order chi connectivity index (χ1) is 5.51. The first kappa shape index (κ1) is 9.35. The molecule has 0 spiro atoms. The molecule has 68 valence electrons. The van der Waals surface area contributed by atoms with E-state index in [0.29, 0.717) is 6.42 Å². The Morgan fingerprint density at radius 3 is 2.67 bits per heavy atom. The monoisotopic (exact) mass is 178 g/mol. The number of halogens is 3. The summed E-state index contributed by atoms with van der Waals surface area (Å²) in [7, 11) is 0. The molecule has 0 aromatic carbocycles. The lowest BCUT2D eigenvalue weighted by Gasteiger charge is -2.15. The summed E-state index contributed by atoms with van der Waals surface area (Å²) in [6.07, 6.45) is -1.17. The van der Waals surface area contributed by atoms with Crippen molar-refractivity contribution in [2.75, 3.05) is 6.54 Å². The van der Waals surface area contributed by atoms with E-state index < -0.39 is 12.7 Å². The van der Waals surface area contributed by atoms with Gasteiger partial charge in [-0.25, -0.2) is 0 Å². The highest BCUT2D eigenvalue weighted by Gasteiger charge is 2.32. The first-order valence-corrected chi connectivity index (χ1v) is 3.65. The minimum absolute atomic E-state index is 0.132. The fourth-order valence-corrected chi connectivity index (χ4v) is 0.901. The van der Waals surface area contributed by atoms with Crippen LogP contribution in [0.4, 0.5) is 13.2 Å². The molecule has 0 fully saturated rings. The van der Waals surface area contributed by atoms with Crippen LogP contribution in [0.5, 0.6) is 0 Å². The Bertz CT molecular complexity index is 176. The van der Waals surface area contributed by atoms with E-state index in [1.807, 2.05) is 6.92 Å². The van der Waals surface area contributed by atoms with Crippen LogP contribution in [0, 0.1) is 6.54 Å². The van der Waals surface area contributed by atoms with Gasteiger partial charge in [0.25, 0.3) is 0 Å². The van der Waals surface area contributed by atoms with Crippen molar-refractivity contribution >= 4 is 6.34 Å². The highest BCUT2D eigenvalue weighted by molar-refractivity contribution is 5.59. The minimum atomic E-state index is -4.18. The lowest BCUT2D eigenvalue weighted by Crippen LogP contribution is -2.30. The molecule has 1 atom stereocenters. The third kappa shape index (κ3) is 2.71. The van der Waals surface area contributed by atoms with Crippen LogP contribution < -0.4 is 0 Å². The first-order valence-electron chi connectivity index (χ1n) is 3.65. The van der Waals surface area contributed by atoms with Crippen molar-refractivity contribution in [2.45, 2.75) is 25.6 Å². The van der Waals surface area contributed by atoms with Crippen LogP contribution in [0.15, 0.2) is 4.99 Å². The van der Waals surface area contributed by atoms with E-state index in [-0.39, 0.29) is 6.04 Å². The van der Waals surface area contributed by atoms with Crippen molar-refractivity contribution in [1.29, 1.82) is 0 Å². The third-order valence-corrected chi connectivity index (χ3v) is 1.47. The average molecular weight is 178 g/mol. The molecule has 0 saturated carbocycles. The van der Waals surface area contributed by atoms with Crippen LogP contribution in [0.3, 0.4) is 0 Å². The molecule has 1 rings (SSSR count). The maximum atomic E-state index is 11.8. The van der Waals surface area contributed by atoms with Gasteiger partial charge in [0, 0.05) is 0 Å². The highest BCUT2D eigenvalue weighted by atomic mass is 19.4. The van der Waals surface area contributed by atoms with Gasteiger partial charge in [-0.2, -0.15) is 13.2 Å². The zero-order valence-electron chi connectivity index (χ0n) is 6.60. The van der Waals surface area contributed by atoms with Gasteiger partial charge in [0.15, 0.2) is 6.34 Å². The Kier molecular flexibility index (Phi) is 2.59. The lowest BCUT2D eigenvalue weighted by atomic mass is 10.2.